The zero-order valence-electron chi connectivity index (χ0n) is 8.79. The van der Waals surface area contributed by atoms with Crippen molar-refractivity contribution in [2.24, 2.45) is 0 Å². The Bertz CT molecular complexity index is 534. The molecule has 2 rings (SSSR count). The highest BCUT2D eigenvalue weighted by Crippen LogP contribution is 2.25. The summed E-state index contributed by atoms with van der Waals surface area (Å²) in [4.78, 5) is 3.07. The number of aromatic nitrogens is 1. The summed E-state index contributed by atoms with van der Waals surface area (Å²) < 4.78 is 5.42. The van der Waals surface area contributed by atoms with Crippen LogP contribution < -0.4 is 4.74 Å². The lowest BCUT2D eigenvalue weighted by Crippen LogP contribution is -1.90. The zero-order chi connectivity index (χ0) is 10.8. The van der Waals surface area contributed by atoms with Crippen LogP contribution in [0.25, 0.3) is 10.9 Å². The van der Waals surface area contributed by atoms with E-state index in [9.17, 15) is 0 Å². The van der Waals surface area contributed by atoms with Crippen LogP contribution in [0.2, 0.25) is 0 Å². The van der Waals surface area contributed by atoms with Gasteiger partial charge in [-0.3, -0.25) is 0 Å². The predicted octanol–water partition coefficient (Wildman–Crippen LogP) is 2.75. The highest BCUT2D eigenvalue weighted by Gasteiger charge is 2.07. The molecule has 0 saturated carbocycles. The number of aryl methyl sites for hydroxylation is 1. The summed E-state index contributed by atoms with van der Waals surface area (Å²) in [5.74, 6) is 0.844. The quantitative estimate of drug-likeness (QED) is 0.810. The summed E-state index contributed by atoms with van der Waals surface area (Å²) in [5.41, 5.74) is 2.58. The first-order valence-corrected chi connectivity index (χ1v) is 4.91. The van der Waals surface area contributed by atoms with Gasteiger partial charge in [-0.25, -0.2) is 0 Å². The van der Waals surface area contributed by atoms with Crippen molar-refractivity contribution >= 4 is 10.9 Å². The van der Waals surface area contributed by atoms with Gasteiger partial charge in [-0.2, -0.15) is 5.26 Å². The average molecular weight is 200 g/mol. The lowest BCUT2D eigenvalue weighted by molar-refractivity contribution is 0.340. The minimum atomic E-state index is 0.624. The SMILES string of the molecule is CCOc1ccc2[nH]c(C#N)c(C)c2c1. The molecule has 1 N–H and O–H groups in total. The van der Waals surface area contributed by atoms with Crippen LogP contribution in [-0.2, 0) is 0 Å². The van der Waals surface area contributed by atoms with Crippen LogP contribution in [0, 0.1) is 18.3 Å². The molecule has 0 radical (unpaired) electrons. The van der Waals surface area contributed by atoms with Gasteiger partial charge < -0.3 is 9.72 Å². The second-order valence-electron chi connectivity index (χ2n) is 3.38. The summed E-state index contributed by atoms with van der Waals surface area (Å²) >= 11 is 0. The molecule has 1 heterocycles. The van der Waals surface area contributed by atoms with Crippen molar-refractivity contribution in [3.8, 4) is 11.8 Å². The standard InChI is InChI=1S/C12H12N2O/c1-3-15-9-4-5-11-10(6-9)8(2)12(7-13)14-11/h4-6,14H,3H2,1-2H3. The molecular weight excluding hydrogens is 188 g/mol. The van der Waals surface area contributed by atoms with Crippen LogP contribution in [0.15, 0.2) is 18.2 Å². The molecular formula is C12H12N2O. The molecule has 0 atom stereocenters. The van der Waals surface area contributed by atoms with Crippen molar-refractivity contribution < 1.29 is 4.74 Å². The van der Waals surface area contributed by atoms with Crippen molar-refractivity contribution in [3.63, 3.8) is 0 Å². The smallest absolute Gasteiger partial charge is 0.121 e. The lowest BCUT2D eigenvalue weighted by atomic mass is 10.1. The number of H-pyrrole nitrogens is 1. The molecule has 0 amide bonds. The van der Waals surface area contributed by atoms with Crippen LogP contribution >= 0.6 is 0 Å². The molecule has 3 heteroatoms. The minimum Gasteiger partial charge on any atom is -0.494 e. The van der Waals surface area contributed by atoms with Crippen LogP contribution in [-0.4, -0.2) is 11.6 Å². The van der Waals surface area contributed by atoms with Gasteiger partial charge in [0.2, 0.25) is 0 Å². The van der Waals surface area contributed by atoms with Gasteiger partial charge in [0, 0.05) is 10.9 Å². The van der Waals surface area contributed by atoms with Crippen molar-refractivity contribution in [1.29, 1.82) is 5.26 Å². The fourth-order valence-electron chi connectivity index (χ4n) is 1.67. The van der Waals surface area contributed by atoms with Gasteiger partial charge in [0.05, 0.1) is 6.61 Å². The van der Waals surface area contributed by atoms with Gasteiger partial charge in [-0.1, -0.05) is 0 Å². The molecule has 0 unspecified atom stereocenters. The van der Waals surface area contributed by atoms with Crippen molar-refractivity contribution in [3.05, 3.63) is 29.5 Å². The average Bonchev–Trinajstić information content (AvgIpc) is 2.56. The van der Waals surface area contributed by atoms with E-state index in [1.807, 2.05) is 32.0 Å². The molecule has 0 aliphatic heterocycles. The fraction of sp³-hybridized carbons (Fsp3) is 0.250. The van der Waals surface area contributed by atoms with Crippen LogP contribution in [0.1, 0.15) is 18.2 Å². The number of nitrogens with one attached hydrogen (secondary N) is 1. The van der Waals surface area contributed by atoms with Crippen LogP contribution in [0.5, 0.6) is 5.75 Å². The lowest BCUT2D eigenvalue weighted by Gasteiger charge is -2.02. The number of nitrogens with zero attached hydrogens (tertiary/aromatic N) is 1. The topological polar surface area (TPSA) is 48.8 Å². The second kappa shape index (κ2) is 3.66. The van der Waals surface area contributed by atoms with E-state index in [0.717, 1.165) is 22.2 Å². The molecule has 3 nitrogen and oxygen atoms in total. The van der Waals surface area contributed by atoms with E-state index in [1.165, 1.54) is 0 Å². The molecule has 2 aromatic rings. The normalized spacial score (nSPS) is 10.2. The number of hydrogen-bond acceptors (Lipinski definition) is 2. The van der Waals surface area contributed by atoms with Gasteiger partial charge >= 0.3 is 0 Å². The maximum atomic E-state index is 8.88. The van der Waals surface area contributed by atoms with E-state index >= 15 is 0 Å². The largest absolute Gasteiger partial charge is 0.494 e. The van der Waals surface area contributed by atoms with Gasteiger partial charge in [0.25, 0.3) is 0 Å². The first kappa shape index (κ1) is 9.60. The predicted molar refractivity (Wildman–Crippen MR) is 58.9 cm³/mol. The van der Waals surface area contributed by atoms with E-state index in [2.05, 4.69) is 11.1 Å². The summed E-state index contributed by atoms with van der Waals surface area (Å²) in [7, 11) is 0. The van der Waals surface area contributed by atoms with Crippen LogP contribution in [0.3, 0.4) is 0 Å². The first-order valence-electron chi connectivity index (χ1n) is 4.91. The van der Waals surface area contributed by atoms with Gasteiger partial charge in [-0.15, -0.1) is 0 Å². The van der Waals surface area contributed by atoms with E-state index in [0.29, 0.717) is 12.3 Å². The van der Waals surface area contributed by atoms with E-state index < -0.39 is 0 Å². The number of fused-ring (bicyclic) bond motifs is 1. The van der Waals surface area contributed by atoms with Crippen molar-refractivity contribution in [2.75, 3.05) is 6.61 Å². The Kier molecular flexibility index (Phi) is 2.34. The molecule has 1 aromatic heterocycles. The monoisotopic (exact) mass is 200 g/mol. The van der Waals surface area contributed by atoms with E-state index in [1.54, 1.807) is 0 Å². The van der Waals surface area contributed by atoms with Gasteiger partial charge in [0.1, 0.15) is 17.5 Å². The highest BCUT2D eigenvalue weighted by molar-refractivity contribution is 5.86. The molecule has 0 spiro atoms. The number of aromatic amines is 1. The zero-order valence-corrected chi connectivity index (χ0v) is 8.79. The molecule has 15 heavy (non-hydrogen) atoms. The molecule has 0 bridgehead atoms. The summed E-state index contributed by atoms with van der Waals surface area (Å²) in [5, 5.41) is 9.93. The molecule has 76 valence electrons. The molecule has 0 saturated heterocycles. The Balaban J connectivity index is 2.61. The van der Waals surface area contributed by atoms with Crippen molar-refractivity contribution in [2.45, 2.75) is 13.8 Å². The Labute approximate surface area is 88.3 Å². The first-order chi connectivity index (χ1) is 7.26. The Morgan fingerprint density at radius 2 is 2.27 bits per heavy atom. The number of ether oxygens (including phenoxy) is 1. The number of hydrogen-bond donors (Lipinski definition) is 1. The number of rotatable bonds is 2. The van der Waals surface area contributed by atoms with Gasteiger partial charge in [0.15, 0.2) is 0 Å². The summed E-state index contributed by atoms with van der Waals surface area (Å²) in [6, 6.07) is 7.95. The Morgan fingerprint density at radius 3 is 2.93 bits per heavy atom. The fourth-order valence-corrected chi connectivity index (χ4v) is 1.67. The summed E-state index contributed by atoms with van der Waals surface area (Å²) in [6.07, 6.45) is 0. The maximum absolute atomic E-state index is 8.88. The number of benzene rings is 1. The van der Waals surface area contributed by atoms with Crippen LogP contribution in [0.4, 0.5) is 0 Å². The highest BCUT2D eigenvalue weighted by atomic mass is 16.5. The third kappa shape index (κ3) is 1.55. The minimum absolute atomic E-state index is 0.624. The third-order valence-electron chi connectivity index (χ3n) is 2.45. The van der Waals surface area contributed by atoms with Crippen molar-refractivity contribution in [1.82, 2.24) is 4.98 Å². The summed E-state index contributed by atoms with van der Waals surface area (Å²) in [6.45, 7) is 4.54. The van der Waals surface area contributed by atoms with E-state index in [4.69, 9.17) is 10.00 Å². The Hall–Kier alpha value is -1.95. The molecule has 0 fully saturated rings. The number of nitriles is 1. The second-order valence-corrected chi connectivity index (χ2v) is 3.38. The third-order valence-corrected chi connectivity index (χ3v) is 2.45. The Morgan fingerprint density at radius 1 is 1.47 bits per heavy atom. The van der Waals surface area contributed by atoms with E-state index in [-0.39, 0.29) is 0 Å². The molecule has 1 aromatic carbocycles. The molecule has 0 aliphatic carbocycles. The van der Waals surface area contributed by atoms with Gasteiger partial charge in [-0.05, 0) is 37.6 Å². The maximum Gasteiger partial charge on any atom is 0.121 e. The molecule has 0 aliphatic rings.